The van der Waals surface area contributed by atoms with Crippen LogP contribution in [-0.4, -0.2) is 33.5 Å². The van der Waals surface area contributed by atoms with Crippen molar-refractivity contribution in [2.24, 2.45) is 0 Å². The van der Waals surface area contributed by atoms with Gasteiger partial charge in [-0.2, -0.15) is 0 Å². The lowest BCUT2D eigenvalue weighted by molar-refractivity contribution is 0.0999. The Labute approximate surface area is 251 Å². The average molecular weight is 629 g/mol. The molecule has 210 valence electrons. The van der Waals surface area contributed by atoms with Crippen LogP contribution in [0.25, 0.3) is 10.2 Å². The van der Waals surface area contributed by atoms with Crippen LogP contribution < -0.4 is 19.1 Å². The minimum Gasteiger partial charge on any atom is -0.493 e. The number of nitrogens with zero attached hydrogens (tertiary/aromatic N) is 2. The van der Waals surface area contributed by atoms with Crippen molar-refractivity contribution in [3.63, 3.8) is 0 Å². The molecule has 4 aromatic carbocycles. The highest BCUT2D eigenvalue weighted by Crippen LogP contribution is 2.40. The highest BCUT2D eigenvalue weighted by molar-refractivity contribution is 7.91. The Morgan fingerprint density at radius 3 is 2.39 bits per heavy atom. The topological polar surface area (TPSA) is 97.8 Å². The van der Waals surface area contributed by atoms with Gasteiger partial charge >= 0.3 is 0 Å². The number of thiazole rings is 1. The lowest BCUT2D eigenvalue weighted by Crippen LogP contribution is -2.26. The lowest BCUT2D eigenvalue weighted by Gasteiger charge is -2.22. The van der Waals surface area contributed by atoms with Crippen molar-refractivity contribution in [2.45, 2.75) is 5.75 Å². The normalized spacial score (nSPS) is 11.3. The number of benzene rings is 4. The van der Waals surface area contributed by atoms with E-state index in [1.54, 1.807) is 72.8 Å². The number of amides is 1. The summed E-state index contributed by atoms with van der Waals surface area (Å²) >= 11 is 13.7. The van der Waals surface area contributed by atoms with E-state index in [1.807, 2.05) is 6.07 Å². The van der Waals surface area contributed by atoms with Gasteiger partial charge in [-0.25, -0.2) is 13.4 Å². The summed E-state index contributed by atoms with van der Waals surface area (Å²) < 4.78 is 39.7. The number of hydrogen-bond acceptors (Lipinski definition) is 7. The van der Waals surface area contributed by atoms with Gasteiger partial charge in [-0.05, 0) is 54.1 Å². The van der Waals surface area contributed by atoms with Crippen molar-refractivity contribution in [1.29, 1.82) is 0 Å². The van der Waals surface area contributed by atoms with E-state index in [-0.39, 0.29) is 16.3 Å². The Morgan fingerprint density at radius 1 is 0.927 bits per heavy atom. The number of aromatic nitrogens is 1. The van der Waals surface area contributed by atoms with E-state index in [0.717, 1.165) is 0 Å². The third kappa shape index (κ3) is 6.41. The monoisotopic (exact) mass is 627 g/mol. The molecule has 0 aliphatic carbocycles. The maximum Gasteiger partial charge on any atom is 0.266 e. The van der Waals surface area contributed by atoms with E-state index >= 15 is 0 Å². The number of rotatable bonds is 9. The van der Waals surface area contributed by atoms with Gasteiger partial charge in [0.2, 0.25) is 10.0 Å². The van der Waals surface area contributed by atoms with Crippen LogP contribution in [0.2, 0.25) is 10.0 Å². The molecule has 0 fully saturated rings. The van der Waals surface area contributed by atoms with Gasteiger partial charge < -0.3 is 9.47 Å². The number of carbonyl (C=O) groups excluding carboxylic acids is 1. The number of anilines is 3. The van der Waals surface area contributed by atoms with Crippen molar-refractivity contribution in [2.75, 3.05) is 23.8 Å². The lowest BCUT2D eigenvalue weighted by atomic mass is 10.1. The van der Waals surface area contributed by atoms with E-state index in [4.69, 9.17) is 37.7 Å². The number of methoxy groups -OCH3 is 2. The fraction of sp³-hybridized carbons (Fsp3) is 0.103. The third-order valence-corrected chi connectivity index (χ3v) is 8.84. The van der Waals surface area contributed by atoms with Crippen molar-refractivity contribution < 1.29 is 22.7 Å². The van der Waals surface area contributed by atoms with Gasteiger partial charge in [0, 0.05) is 11.1 Å². The first-order chi connectivity index (χ1) is 19.7. The van der Waals surface area contributed by atoms with Crippen LogP contribution in [0.4, 0.5) is 16.5 Å². The molecule has 0 bridgehead atoms. The van der Waals surface area contributed by atoms with Crippen LogP contribution >= 0.6 is 34.5 Å². The Balaban J connectivity index is 1.54. The summed E-state index contributed by atoms with van der Waals surface area (Å²) in [6.45, 7) is 0. The fourth-order valence-electron chi connectivity index (χ4n) is 4.14. The summed E-state index contributed by atoms with van der Waals surface area (Å²) in [5, 5.41) is 0.920. The molecule has 0 unspecified atom stereocenters. The first kappa shape index (κ1) is 28.7. The second kappa shape index (κ2) is 12.0. The summed E-state index contributed by atoms with van der Waals surface area (Å²) in [7, 11) is -0.640. The predicted molar refractivity (Wildman–Crippen MR) is 165 cm³/mol. The van der Waals surface area contributed by atoms with Gasteiger partial charge in [0.25, 0.3) is 5.91 Å². The van der Waals surface area contributed by atoms with Crippen LogP contribution in [0.15, 0.2) is 84.9 Å². The zero-order chi connectivity index (χ0) is 29.1. The minimum atomic E-state index is -3.66. The molecule has 0 saturated heterocycles. The molecule has 0 radical (unpaired) electrons. The Hall–Kier alpha value is -3.83. The average Bonchev–Trinajstić information content (AvgIpc) is 3.35. The van der Waals surface area contributed by atoms with Gasteiger partial charge in [-0.3, -0.25) is 14.4 Å². The van der Waals surface area contributed by atoms with Gasteiger partial charge in [0.15, 0.2) is 16.6 Å². The molecule has 1 amide bonds. The van der Waals surface area contributed by atoms with Gasteiger partial charge in [-0.15, -0.1) is 0 Å². The van der Waals surface area contributed by atoms with Crippen LogP contribution in [0.3, 0.4) is 0 Å². The number of ether oxygens (including phenoxy) is 2. The SMILES string of the molecule is COc1ccc(N(C(=O)c2ccc(Cl)cc2Cl)c2nc3ccc(NS(=O)(=O)Cc4ccccc4)cc3s2)cc1OC. The van der Waals surface area contributed by atoms with Gasteiger partial charge in [0.1, 0.15) is 0 Å². The number of halogens is 2. The number of hydrogen-bond donors (Lipinski definition) is 1. The molecule has 1 heterocycles. The minimum absolute atomic E-state index is 0.163. The van der Waals surface area contributed by atoms with E-state index in [0.29, 0.717) is 48.8 Å². The molecule has 41 heavy (non-hydrogen) atoms. The summed E-state index contributed by atoms with van der Waals surface area (Å²) in [6.07, 6.45) is 0. The number of nitrogens with one attached hydrogen (secondary N) is 1. The molecule has 0 aliphatic rings. The number of sulfonamides is 1. The van der Waals surface area contributed by atoms with Crippen molar-refractivity contribution in [1.82, 2.24) is 4.98 Å². The number of fused-ring (bicyclic) bond motifs is 1. The highest BCUT2D eigenvalue weighted by atomic mass is 35.5. The fourth-order valence-corrected chi connectivity index (χ4v) is 6.85. The van der Waals surface area contributed by atoms with E-state index in [9.17, 15) is 13.2 Å². The first-order valence-corrected chi connectivity index (χ1v) is 15.4. The molecule has 1 aromatic heterocycles. The molecule has 5 aromatic rings. The predicted octanol–water partition coefficient (Wildman–Crippen LogP) is 7.54. The first-order valence-electron chi connectivity index (χ1n) is 12.1. The van der Waals surface area contributed by atoms with Crippen molar-refractivity contribution in [3.8, 4) is 11.5 Å². The van der Waals surface area contributed by atoms with Crippen LogP contribution in [0.1, 0.15) is 15.9 Å². The molecule has 8 nitrogen and oxygen atoms in total. The van der Waals surface area contributed by atoms with E-state index in [1.165, 1.54) is 36.5 Å². The molecule has 0 saturated carbocycles. The quantitative estimate of drug-likeness (QED) is 0.181. The smallest absolute Gasteiger partial charge is 0.266 e. The third-order valence-electron chi connectivity index (χ3n) is 6.03. The summed E-state index contributed by atoms with van der Waals surface area (Å²) in [5.41, 5.74) is 2.32. The zero-order valence-electron chi connectivity index (χ0n) is 21.8. The van der Waals surface area contributed by atoms with Crippen molar-refractivity contribution in [3.05, 3.63) is 106 Å². The van der Waals surface area contributed by atoms with Crippen LogP contribution in [-0.2, 0) is 15.8 Å². The highest BCUT2D eigenvalue weighted by Gasteiger charge is 2.26. The Kier molecular flexibility index (Phi) is 8.37. The molecule has 0 atom stereocenters. The van der Waals surface area contributed by atoms with Crippen LogP contribution in [0, 0.1) is 0 Å². The summed E-state index contributed by atoms with van der Waals surface area (Å²) in [5.74, 6) is 0.302. The van der Waals surface area contributed by atoms with Crippen LogP contribution in [0.5, 0.6) is 11.5 Å². The molecular formula is C29H23Cl2N3O5S2. The molecule has 0 aliphatic heterocycles. The zero-order valence-corrected chi connectivity index (χ0v) is 24.9. The van der Waals surface area contributed by atoms with Gasteiger partial charge in [0.05, 0.1) is 52.1 Å². The molecular weight excluding hydrogens is 605 g/mol. The van der Waals surface area contributed by atoms with E-state index < -0.39 is 15.9 Å². The second-order valence-electron chi connectivity index (χ2n) is 8.83. The van der Waals surface area contributed by atoms with Crippen molar-refractivity contribution >= 4 is 77.2 Å². The van der Waals surface area contributed by atoms with E-state index in [2.05, 4.69) is 4.72 Å². The largest absolute Gasteiger partial charge is 0.493 e. The summed E-state index contributed by atoms with van der Waals surface area (Å²) in [4.78, 5) is 20.0. The standard InChI is InChI=1S/C29H23Cl2N3O5S2/c1-38-25-13-10-21(16-26(25)39-2)34(28(35)22-11-8-19(30)14-23(22)31)29-32-24-12-9-20(15-27(24)40-29)33-41(36,37)17-18-6-4-3-5-7-18/h3-16,33H,17H2,1-2H3. The maximum absolute atomic E-state index is 13.9. The maximum atomic E-state index is 13.9. The Morgan fingerprint density at radius 2 is 1.68 bits per heavy atom. The second-order valence-corrected chi connectivity index (χ2v) is 12.4. The number of carbonyl (C=O) groups is 1. The molecule has 1 N–H and O–H groups in total. The Bertz CT molecular complexity index is 1850. The summed E-state index contributed by atoms with van der Waals surface area (Å²) in [6, 6.07) is 23.6. The van der Waals surface area contributed by atoms with Gasteiger partial charge in [-0.1, -0.05) is 64.9 Å². The molecule has 0 spiro atoms. The molecule has 12 heteroatoms. The molecule has 5 rings (SSSR count).